The maximum Gasteiger partial charge on any atom is 0.274 e. The zero-order valence-corrected chi connectivity index (χ0v) is 15.5. The van der Waals surface area contributed by atoms with Gasteiger partial charge in [-0.05, 0) is 66.1 Å². The number of aromatic nitrogens is 2. The maximum absolute atomic E-state index is 5.89. The van der Waals surface area contributed by atoms with E-state index in [1.54, 1.807) is 30.4 Å². The van der Waals surface area contributed by atoms with E-state index in [1.165, 1.54) is 17.5 Å². The number of benzene rings is 1. The molecule has 1 heterocycles. The van der Waals surface area contributed by atoms with Crippen LogP contribution in [0.3, 0.4) is 0 Å². The van der Waals surface area contributed by atoms with Crippen LogP contribution < -0.4 is 9.47 Å². The van der Waals surface area contributed by atoms with Crippen LogP contribution in [0.1, 0.15) is 44.2 Å². The molecule has 0 spiro atoms. The van der Waals surface area contributed by atoms with Crippen LogP contribution in [0.25, 0.3) is 0 Å². The van der Waals surface area contributed by atoms with Crippen molar-refractivity contribution >= 4 is 17.4 Å². The lowest BCUT2D eigenvalue weighted by molar-refractivity contribution is 0.293. The lowest BCUT2D eigenvalue weighted by Gasteiger charge is -2.34. The third-order valence-electron chi connectivity index (χ3n) is 5.07. The molecule has 3 rings (SSSR count). The van der Waals surface area contributed by atoms with Crippen molar-refractivity contribution in [3.05, 3.63) is 42.0 Å². The van der Waals surface area contributed by atoms with E-state index in [0.29, 0.717) is 28.7 Å². The molecule has 2 atom stereocenters. The van der Waals surface area contributed by atoms with Gasteiger partial charge >= 0.3 is 0 Å². The number of hydrogen-bond acceptors (Lipinski definition) is 4. The highest BCUT2D eigenvalue weighted by Crippen LogP contribution is 2.44. The number of nitrogens with zero attached hydrogens (tertiary/aromatic N) is 2. The maximum atomic E-state index is 5.89. The van der Waals surface area contributed by atoms with Gasteiger partial charge < -0.3 is 9.47 Å². The van der Waals surface area contributed by atoms with Crippen LogP contribution in [0.4, 0.5) is 0 Å². The Kier molecular flexibility index (Phi) is 4.90. The fraction of sp³-hybridized carbons (Fsp3) is 0.474. The van der Waals surface area contributed by atoms with Gasteiger partial charge in [-0.1, -0.05) is 20.8 Å². The number of fused-ring (bicyclic) bond motifs is 1. The van der Waals surface area contributed by atoms with E-state index in [2.05, 4.69) is 37.9 Å². The van der Waals surface area contributed by atoms with Crippen molar-refractivity contribution in [2.45, 2.75) is 39.5 Å². The van der Waals surface area contributed by atoms with Gasteiger partial charge in [-0.2, -0.15) is 0 Å². The Morgan fingerprint density at radius 2 is 2.12 bits per heavy atom. The standard InChI is InChI=1S/C19H24N2O2S/c1-12(2)15-6-5-14-9-18(17(22-4)10-16(14)13(15)3)23-19(24)21-8-7-20-11-21/h7-13,15H,5-6H2,1-4H3. The minimum Gasteiger partial charge on any atom is -0.493 e. The van der Waals surface area contributed by atoms with Gasteiger partial charge in [-0.3, -0.25) is 4.57 Å². The van der Waals surface area contributed by atoms with E-state index in [0.717, 1.165) is 12.2 Å². The van der Waals surface area contributed by atoms with Crippen molar-refractivity contribution < 1.29 is 9.47 Å². The second-order valence-corrected chi connectivity index (χ2v) is 7.12. The van der Waals surface area contributed by atoms with Gasteiger partial charge in [0.2, 0.25) is 0 Å². The third kappa shape index (κ3) is 3.18. The van der Waals surface area contributed by atoms with Crippen molar-refractivity contribution in [3.63, 3.8) is 0 Å². The molecule has 0 saturated carbocycles. The van der Waals surface area contributed by atoms with Gasteiger partial charge in [-0.25, -0.2) is 4.98 Å². The average Bonchev–Trinajstić information content (AvgIpc) is 3.09. The molecule has 0 saturated heterocycles. The van der Waals surface area contributed by atoms with Crippen LogP contribution in [-0.4, -0.2) is 21.8 Å². The molecule has 0 fully saturated rings. The molecule has 4 nitrogen and oxygen atoms in total. The number of hydrogen-bond donors (Lipinski definition) is 0. The highest BCUT2D eigenvalue weighted by atomic mass is 32.1. The van der Waals surface area contributed by atoms with Crippen LogP contribution in [0.5, 0.6) is 11.5 Å². The molecule has 0 aliphatic heterocycles. The SMILES string of the molecule is COc1cc2c(cc1OC(=S)n1ccnc1)CCC(C(C)C)C2C. The smallest absolute Gasteiger partial charge is 0.274 e. The first-order valence-corrected chi connectivity index (χ1v) is 8.83. The summed E-state index contributed by atoms with van der Waals surface area (Å²) in [6.45, 7) is 6.94. The number of ether oxygens (including phenoxy) is 2. The zero-order chi connectivity index (χ0) is 17.3. The lowest BCUT2D eigenvalue weighted by Crippen LogP contribution is -2.23. The molecule has 24 heavy (non-hydrogen) atoms. The number of thiocarbonyl (C=S) groups is 1. The summed E-state index contributed by atoms with van der Waals surface area (Å²) in [4.78, 5) is 4.00. The second kappa shape index (κ2) is 6.93. The third-order valence-corrected chi connectivity index (χ3v) is 5.37. The predicted octanol–water partition coefficient (Wildman–Crippen LogP) is 4.43. The highest BCUT2D eigenvalue weighted by Gasteiger charge is 2.29. The molecule has 2 aromatic rings. The summed E-state index contributed by atoms with van der Waals surface area (Å²) >= 11 is 5.34. The van der Waals surface area contributed by atoms with Gasteiger partial charge in [0.1, 0.15) is 6.33 Å². The van der Waals surface area contributed by atoms with Crippen molar-refractivity contribution in [1.29, 1.82) is 0 Å². The molecule has 128 valence electrons. The topological polar surface area (TPSA) is 36.3 Å². The normalized spacial score (nSPS) is 19.9. The summed E-state index contributed by atoms with van der Waals surface area (Å²) in [7, 11) is 1.67. The van der Waals surface area contributed by atoms with E-state index in [4.69, 9.17) is 21.7 Å². The first-order chi connectivity index (χ1) is 11.5. The Bertz CT molecular complexity index is 725. The Labute approximate surface area is 148 Å². The number of imidazole rings is 1. The molecule has 0 radical (unpaired) electrons. The Morgan fingerprint density at radius 1 is 1.33 bits per heavy atom. The van der Waals surface area contributed by atoms with E-state index < -0.39 is 0 Å². The monoisotopic (exact) mass is 344 g/mol. The first-order valence-electron chi connectivity index (χ1n) is 8.42. The van der Waals surface area contributed by atoms with Gasteiger partial charge in [0.05, 0.1) is 7.11 Å². The van der Waals surface area contributed by atoms with Gasteiger partial charge in [0.15, 0.2) is 11.5 Å². The lowest BCUT2D eigenvalue weighted by atomic mass is 9.71. The summed E-state index contributed by atoms with van der Waals surface area (Å²) in [6, 6.07) is 4.21. The average molecular weight is 344 g/mol. The molecule has 0 N–H and O–H groups in total. The molecule has 1 aromatic carbocycles. The zero-order valence-electron chi connectivity index (χ0n) is 14.7. The molecule has 5 heteroatoms. The largest absolute Gasteiger partial charge is 0.493 e. The fourth-order valence-electron chi connectivity index (χ4n) is 3.72. The van der Waals surface area contributed by atoms with Crippen molar-refractivity contribution in [1.82, 2.24) is 9.55 Å². The Morgan fingerprint density at radius 3 is 2.75 bits per heavy atom. The molecule has 0 amide bonds. The summed E-state index contributed by atoms with van der Waals surface area (Å²) in [5.74, 6) is 3.32. The summed E-state index contributed by atoms with van der Waals surface area (Å²) in [6.07, 6.45) is 7.35. The van der Waals surface area contributed by atoms with E-state index in [1.807, 2.05) is 0 Å². The first kappa shape index (κ1) is 17.0. The minimum absolute atomic E-state index is 0.342. The summed E-state index contributed by atoms with van der Waals surface area (Å²) < 4.78 is 13.1. The quantitative estimate of drug-likeness (QED) is 0.772. The molecule has 1 aromatic heterocycles. The summed E-state index contributed by atoms with van der Waals surface area (Å²) in [5.41, 5.74) is 2.71. The second-order valence-electron chi connectivity index (χ2n) is 6.78. The highest BCUT2D eigenvalue weighted by molar-refractivity contribution is 7.80. The number of aryl methyl sites for hydroxylation is 1. The molecular formula is C19H24N2O2S. The van der Waals surface area contributed by atoms with Crippen LogP contribution in [0, 0.1) is 11.8 Å². The molecule has 0 bridgehead atoms. The van der Waals surface area contributed by atoms with Gasteiger partial charge in [0, 0.05) is 12.4 Å². The minimum atomic E-state index is 0.342. The van der Waals surface area contributed by atoms with E-state index in [9.17, 15) is 0 Å². The molecular weight excluding hydrogens is 320 g/mol. The van der Waals surface area contributed by atoms with Crippen LogP contribution >= 0.6 is 12.2 Å². The van der Waals surface area contributed by atoms with E-state index in [-0.39, 0.29) is 0 Å². The predicted molar refractivity (Wildman–Crippen MR) is 98.9 cm³/mol. The number of methoxy groups -OCH3 is 1. The van der Waals surface area contributed by atoms with Gasteiger partial charge in [0.25, 0.3) is 5.17 Å². The van der Waals surface area contributed by atoms with Crippen LogP contribution in [0.15, 0.2) is 30.9 Å². The van der Waals surface area contributed by atoms with Crippen molar-refractivity contribution in [2.24, 2.45) is 11.8 Å². The molecule has 2 unspecified atom stereocenters. The summed E-state index contributed by atoms with van der Waals surface area (Å²) in [5, 5.41) is 0.342. The van der Waals surface area contributed by atoms with Crippen molar-refractivity contribution in [2.75, 3.05) is 7.11 Å². The van der Waals surface area contributed by atoms with Crippen LogP contribution in [-0.2, 0) is 6.42 Å². The Hall–Kier alpha value is -1.88. The van der Waals surface area contributed by atoms with E-state index >= 15 is 0 Å². The number of rotatable bonds is 3. The van der Waals surface area contributed by atoms with Crippen LogP contribution in [0.2, 0.25) is 0 Å². The fourth-order valence-corrected chi connectivity index (χ4v) is 3.92. The molecule has 1 aliphatic carbocycles. The Balaban J connectivity index is 1.91. The van der Waals surface area contributed by atoms with Gasteiger partial charge in [-0.15, -0.1) is 0 Å². The molecule has 1 aliphatic rings. The van der Waals surface area contributed by atoms with Crippen molar-refractivity contribution in [3.8, 4) is 11.5 Å².